The van der Waals surface area contributed by atoms with E-state index < -0.39 is 0 Å². The van der Waals surface area contributed by atoms with E-state index in [0.717, 1.165) is 0 Å². The normalized spacial score (nSPS) is 10.7. The standard InChI is InChI=1S/C15H10O4/c16-9-5-6-12(17)11(7-9)15-8-13(18)10-3-1-2-4-14(10)19-15/h1-8,16-17H. The highest BCUT2D eigenvalue weighted by Gasteiger charge is 2.11. The molecular formula is C15H10O4. The molecule has 19 heavy (non-hydrogen) atoms. The van der Waals surface area contributed by atoms with Crippen molar-refractivity contribution in [1.29, 1.82) is 0 Å². The lowest BCUT2D eigenvalue weighted by Gasteiger charge is -2.05. The maximum Gasteiger partial charge on any atom is 0.193 e. The van der Waals surface area contributed by atoms with Gasteiger partial charge in [-0.15, -0.1) is 0 Å². The number of phenols is 2. The van der Waals surface area contributed by atoms with E-state index in [1.807, 2.05) is 0 Å². The van der Waals surface area contributed by atoms with Crippen LogP contribution in [0.4, 0.5) is 0 Å². The van der Waals surface area contributed by atoms with Gasteiger partial charge in [-0.1, -0.05) is 12.1 Å². The molecule has 1 aromatic heterocycles. The van der Waals surface area contributed by atoms with Gasteiger partial charge in [0.2, 0.25) is 0 Å². The second kappa shape index (κ2) is 4.17. The Labute approximate surface area is 108 Å². The molecule has 0 amide bonds. The first-order valence-corrected chi connectivity index (χ1v) is 5.70. The molecule has 0 bridgehead atoms. The van der Waals surface area contributed by atoms with Gasteiger partial charge in [-0.3, -0.25) is 4.79 Å². The van der Waals surface area contributed by atoms with Crippen LogP contribution in [0.2, 0.25) is 0 Å². The molecular weight excluding hydrogens is 244 g/mol. The molecule has 0 aliphatic rings. The zero-order valence-corrected chi connectivity index (χ0v) is 9.83. The summed E-state index contributed by atoms with van der Waals surface area (Å²) >= 11 is 0. The largest absolute Gasteiger partial charge is 0.508 e. The quantitative estimate of drug-likeness (QED) is 0.655. The van der Waals surface area contributed by atoms with Crippen LogP contribution in [0.5, 0.6) is 11.5 Å². The molecule has 2 N–H and O–H groups in total. The third-order valence-electron chi connectivity index (χ3n) is 2.88. The number of phenolic OH excluding ortho intramolecular Hbond substituents is 2. The zero-order chi connectivity index (χ0) is 13.4. The zero-order valence-electron chi connectivity index (χ0n) is 9.83. The van der Waals surface area contributed by atoms with Crippen LogP contribution >= 0.6 is 0 Å². The monoisotopic (exact) mass is 254 g/mol. The fourth-order valence-electron chi connectivity index (χ4n) is 1.96. The molecule has 3 aromatic rings. The van der Waals surface area contributed by atoms with Crippen LogP contribution in [-0.4, -0.2) is 10.2 Å². The van der Waals surface area contributed by atoms with Crippen molar-refractivity contribution in [1.82, 2.24) is 0 Å². The van der Waals surface area contributed by atoms with E-state index in [2.05, 4.69) is 0 Å². The molecule has 0 spiro atoms. The summed E-state index contributed by atoms with van der Waals surface area (Å²) in [5.41, 5.74) is 0.523. The number of benzene rings is 2. The molecule has 0 saturated carbocycles. The molecule has 0 saturated heterocycles. The van der Waals surface area contributed by atoms with Crippen molar-refractivity contribution in [2.75, 3.05) is 0 Å². The highest BCUT2D eigenvalue weighted by atomic mass is 16.3. The summed E-state index contributed by atoms with van der Waals surface area (Å²) in [7, 11) is 0. The predicted molar refractivity (Wildman–Crippen MR) is 71.2 cm³/mol. The van der Waals surface area contributed by atoms with Gasteiger partial charge in [0.05, 0.1) is 10.9 Å². The summed E-state index contributed by atoms with van der Waals surface area (Å²) in [6.45, 7) is 0. The Bertz CT molecular complexity index is 818. The fraction of sp³-hybridized carbons (Fsp3) is 0. The van der Waals surface area contributed by atoms with E-state index in [9.17, 15) is 15.0 Å². The van der Waals surface area contributed by atoms with E-state index in [4.69, 9.17) is 4.42 Å². The summed E-state index contributed by atoms with van der Waals surface area (Å²) in [5, 5.41) is 19.7. The highest BCUT2D eigenvalue weighted by Crippen LogP contribution is 2.32. The molecule has 3 rings (SSSR count). The third-order valence-corrected chi connectivity index (χ3v) is 2.88. The Morgan fingerprint density at radius 2 is 1.74 bits per heavy atom. The summed E-state index contributed by atoms with van der Waals surface area (Å²) in [6.07, 6.45) is 0. The molecule has 2 aromatic carbocycles. The van der Waals surface area contributed by atoms with Crippen molar-refractivity contribution in [2.45, 2.75) is 0 Å². The second-order valence-corrected chi connectivity index (χ2v) is 4.17. The van der Waals surface area contributed by atoms with E-state index in [1.54, 1.807) is 24.3 Å². The summed E-state index contributed by atoms with van der Waals surface area (Å²) in [6, 6.07) is 12.2. The maximum atomic E-state index is 12.0. The van der Waals surface area contributed by atoms with Crippen LogP contribution in [0.15, 0.2) is 57.7 Å². The molecule has 0 atom stereocenters. The van der Waals surface area contributed by atoms with Gasteiger partial charge in [0, 0.05) is 6.07 Å². The maximum absolute atomic E-state index is 12.0. The lowest BCUT2D eigenvalue weighted by atomic mass is 10.1. The number of hydrogen-bond donors (Lipinski definition) is 2. The average molecular weight is 254 g/mol. The molecule has 94 valence electrons. The smallest absolute Gasteiger partial charge is 0.193 e. The Balaban J connectivity index is 2.31. The lowest BCUT2D eigenvalue weighted by molar-refractivity contribution is 0.459. The fourth-order valence-corrected chi connectivity index (χ4v) is 1.96. The van der Waals surface area contributed by atoms with Crippen molar-refractivity contribution < 1.29 is 14.6 Å². The first-order chi connectivity index (χ1) is 9.15. The van der Waals surface area contributed by atoms with E-state index in [-0.39, 0.29) is 28.3 Å². The molecule has 0 aliphatic heterocycles. The molecule has 4 heteroatoms. The number of aromatic hydroxyl groups is 2. The van der Waals surface area contributed by atoms with Crippen LogP contribution in [0.3, 0.4) is 0 Å². The number of hydrogen-bond acceptors (Lipinski definition) is 4. The van der Waals surface area contributed by atoms with Crippen LogP contribution in [0.25, 0.3) is 22.3 Å². The summed E-state index contributed by atoms with van der Waals surface area (Å²) < 4.78 is 5.59. The second-order valence-electron chi connectivity index (χ2n) is 4.17. The van der Waals surface area contributed by atoms with Crippen molar-refractivity contribution in [3.63, 3.8) is 0 Å². The van der Waals surface area contributed by atoms with Crippen LogP contribution in [-0.2, 0) is 0 Å². The Kier molecular flexibility index (Phi) is 2.49. The number of fused-ring (bicyclic) bond motifs is 1. The van der Waals surface area contributed by atoms with Gasteiger partial charge in [0.15, 0.2) is 5.43 Å². The minimum Gasteiger partial charge on any atom is -0.508 e. The molecule has 1 heterocycles. The van der Waals surface area contributed by atoms with Crippen molar-refractivity contribution in [2.24, 2.45) is 0 Å². The van der Waals surface area contributed by atoms with Gasteiger partial charge < -0.3 is 14.6 Å². The molecule has 0 fully saturated rings. The average Bonchev–Trinajstić information content (AvgIpc) is 2.41. The third kappa shape index (κ3) is 1.93. The number of para-hydroxylation sites is 1. The van der Waals surface area contributed by atoms with Gasteiger partial charge in [-0.25, -0.2) is 0 Å². The van der Waals surface area contributed by atoms with E-state index in [1.165, 1.54) is 24.3 Å². The van der Waals surface area contributed by atoms with Crippen LogP contribution in [0, 0.1) is 0 Å². The van der Waals surface area contributed by atoms with Crippen molar-refractivity contribution >= 4 is 11.0 Å². The van der Waals surface area contributed by atoms with Crippen LogP contribution < -0.4 is 5.43 Å². The van der Waals surface area contributed by atoms with Gasteiger partial charge >= 0.3 is 0 Å². The van der Waals surface area contributed by atoms with Gasteiger partial charge in [0.1, 0.15) is 22.8 Å². The van der Waals surface area contributed by atoms with E-state index in [0.29, 0.717) is 11.0 Å². The van der Waals surface area contributed by atoms with Crippen LogP contribution in [0.1, 0.15) is 0 Å². The summed E-state index contributed by atoms with van der Waals surface area (Å²) in [5.74, 6) is 0.150. The minimum absolute atomic E-state index is 0.0105. The van der Waals surface area contributed by atoms with Crippen molar-refractivity contribution in [3.8, 4) is 22.8 Å². The van der Waals surface area contributed by atoms with Gasteiger partial charge in [0.25, 0.3) is 0 Å². The number of rotatable bonds is 1. The summed E-state index contributed by atoms with van der Waals surface area (Å²) in [4.78, 5) is 12.0. The first kappa shape index (κ1) is 11.3. The topological polar surface area (TPSA) is 70.7 Å². The first-order valence-electron chi connectivity index (χ1n) is 5.70. The predicted octanol–water partition coefficient (Wildman–Crippen LogP) is 2.87. The lowest BCUT2D eigenvalue weighted by Crippen LogP contribution is -1.99. The highest BCUT2D eigenvalue weighted by molar-refractivity contribution is 5.79. The minimum atomic E-state index is -0.195. The molecule has 0 aliphatic carbocycles. The molecule has 0 radical (unpaired) electrons. The van der Waals surface area contributed by atoms with Gasteiger partial charge in [-0.05, 0) is 30.3 Å². The SMILES string of the molecule is O=c1cc(-c2cc(O)ccc2O)oc2ccccc12. The Hall–Kier alpha value is -2.75. The van der Waals surface area contributed by atoms with Crippen molar-refractivity contribution in [3.05, 3.63) is 58.8 Å². The van der Waals surface area contributed by atoms with Gasteiger partial charge in [-0.2, -0.15) is 0 Å². The molecule has 0 unspecified atom stereocenters. The van der Waals surface area contributed by atoms with E-state index >= 15 is 0 Å². The Morgan fingerprint density at radius 3 is 2.58 bits per heavy atom. The molecule has 4 nitrogen and oxygen atoms in total. The Morgan fingerprint density at radius 1 is 0.947 bits per heavy atom.